The van der Waals surface area contributed by atoms with Crippen molar-refractivity contribution >= 4 is 11.8 Å². The first-order chi connectivity index (χ1) is 11.1. The number of hydrogen-bond donors (Lipinski definition) is 1. The minimum atomic E-state index is -0.738. The van der Waals surface area contributed by atoms with Crippen LogP contribution in [-0.2, 0) is 16.1 Å². The number of pyridine rings is 1. The van der Waals surface area contributed by atoms with Gasteiger partial charge >= 0.3 is 0 Å². The van der Waals surface area contributed by atoms with Gasteiger partial charge in [-0.3, -0.25) is 14.6 Å². The van der Waals surface area contributed by atoms with Crippen LogP contribution in [0.3, 0.4) is 0 Å². The molecule has 1 aromatic rings. The molecule has 1 N–H and O–H groups in total. The van der Waals surface area contributed by atoms with Crippen LogP contribution in [0, 0.1) is 0 Å². The van der Waals surface area contributed by atoms with Crippen LogP contribution in [0.15, 0.2) is 24.5 Å². The van der Waals surface area contributed by atoms with E-state index in [2.05, 4.69) is 10.3 Å². The maximum Gasteiger partial charge on any atom is 0.245 e. The maximum absolute atomic E-state index is 12.9. The molecule has 0 aromatic carbocycles. The fourth-order valence-corrected chi connectivity index (χ4v) is 3.65. The molecule has 2 fully saturated rings. The van der Waals surface area contributed by atoms with E-state index in [0.717, 1.165) is 18.4 Å². The SMILES string of the molecule is CC1(C(=O)NC2CCCCC2)CCC(=O)N1Cc1ccncc1. The summed E-state index contributed by atoms with van der Waals surface area (Å²) in [5, 5.41) is 3.19. The number of rotatable bonds is 4. The lowest BCUT2D eigenvalue weighted by Gasteiger charge is -2.36. The number of carbonyl (C=O) groups is 2. The van der Waals surface area contributed by atoms with Crippen molar-refractivity contribution in [2.24, 2.45) is 0 Å². The van der Waals surface area contributed by atoms with E-state index in [9.17, 15) is 9.59 Å². The first-order valence-electron chi connectivity index (χ1n) is 8.60. The van der Waals surface area contributed by atoms with Gasteiger partial charge in [-0.15, -0.1) is 0 Å². The van der Waals surface area contributed by atoms with Crippen molar-refractivity contribution in [2.75, 3.05) is 0 Å². The molecule has 2 heterocycles. The number of nitrogens with zero attached hydrogens (tertiary/aromatic N) is 2. The van der Waals surface area contributed by atoms with Crippen molar-refractivity contribution in [3.05, 3.63) is 30.1 Å². The quantitative estimate of drug-likeness (QED) is 0.928. The average Bonchev–Trinajstić information content (AvgIpc) is 2.86. The topological polar surface area (TPSA) is 62.3 Å². The standard InChI is InChI=1S/C18H25N3O2/c1-18(17(23)20-15-5-3-2-4-6-15)10-7-16(22)21(18)13-14-8-11-19-12-9-14/h8-9,11-12,15H,2-7,10,13H2,1H3,(H,20,23). The maximum atomic E-state index is 12.9. The number of aromatic nitrogens is 1. The third-order valence-corrected chi connectivity index (χ3v) is 5.24. The van der Waals surface area contributed by atoms with Crippen molar-refractivity contribution in [3.8, 4) is 0 Å². The molecule has 0 bridgehead atoms. The van der Waals surface area contributed by atoms with Gasteiger partial charge in [0.1, 0.15) is 5.54 Å². The van der Waals surface area contributed by atoms with Crippen LogP contribution in [0.2, 0.25) is 0 Å². The minimum Gasteiger partial charge on any atom is -0.351 e. The van der Waals surface area contributed by atoms with E-state index in [-0.39, 0.29) is 17.9 Å². The van der Waals surface area contributed by atoms with Gasteiger partial charge in [0, 0.05) is 31.4 Å². The van der Waals surface area contributed by atoms with Crippen LogP contribution >= 0.6 is 0 Å². The van der Waals surface area contributed by atoms with Crippen LogP contribution in [-0.4, -0.2) is 33.3 Å². The first-order valence-corrected chi connectivity index (χ1v) is 8.60. The molecule has 1 unspecified atom stereocenters. The number of hydrogen-bond acceptors (Lipinski definition) is 3. The Balaban J connectivity index is 1.72. The fourth-order valence-electron chi connectivity index (χ4n) is 3.65. The molecular formula is C18H25N3O2. The Morgan fingerprint density at radius 2 is 2.00 bits per heavy atom. The Kier molecular flexibility index (Phi) is 4.64. The molecule has 1 saturated carbocycles. The molecule has 2 aliphatic rings. The van der Waals surface area contributed by atoms with Crippen LogP contribution < -0.4 is 5.32 Å². The molecule has 1 aliphatic heterocycles. The van der Waals surface area contributed by atoms with Crippen LogP contribution in [0.1, 0.15) is 57.4 Å². The molecular weight excluding hydrogens is 290 g/mol. The molecule has 124 valence electrons. The van der Waals surface area contributed by atoms with E-state index in [1.165, 1.54) is 19.3 Å². The van der Waals surface area contributed by atoms with Crippen LogP contribution in [0.25, 0.3) is 0 Å². The largest absolute Gasteiger partial charge is 0.351 e. The minimum absolute atomic E-state index is 0.00399. The second-order valence-electron chi connectivity index (χ2n) is 6.92. The Bertz CT molecular complexity index is 569. The predicted molar refractivity (Wildman–Crippen MR) is 87.4 cm³/mol. The first kappa shape index (κ1) is 16.0. The van der Waals surface area contributed by atoms with Crippen LogP contribution in [0.5, 0.6) is 0 Å². The zero-order chi connectivity index (χ0) is 16.3. The molecule has 0 radical (unpaired) electrons. The summed E-state index contributed by atoms with van der Waals surface area (Å²) in [6, 6.07) is 4.06. The van der Waals surface area contributed by atoms with Gasteiger partial charge in [0.05, 0.1) is 0 Å². The van der Waals surface area contributed by atoms with E-state index in [0.29, 0.717) is 19.4 Å². The van der Waals surface area contributed by atoms with E-state index < -0.39 is 5.54 Å². The summed E-state index contributed by atoms with van der Waals surface area (Å²) in [5.41, 5.74) is 0.268. The average molecular weight is 315 g/mol. The fraction of sp³-hybridized carbons (Fsp3) is 0.611. The smallest absolute Gasteiger partial charge is 0.245 e. The molecule has 5 heteroatoms. The highest BCUT2D eigenvalue weighted by Gasteiger charge is 2.47. The van der Waals surface area contributed by atoms with Crippen molar-refractivity contribution in [3.63, 3.8) is 0 Å². The van der Waals surface area contributed by atoms with E-state index in [1.807, 2.05) is 19.1 Å². The summed E-state index contributed by atoms with van der Waals surface area (Å²) < 4.78 is 0. The second-order valence-corrected chi connectivity index (χ2v) is 6.92. The highest BCUT2D eigenvalue weighted by molar-refractivity contribution is 5.94. The zero-order valence-corrected chi connectivity index (χ0v) is 13.8. The Morgan fingerprint density at radius 3 is 2.70 bits per heavy atom. The van der Waals surface area contributed by atoms with Crippen molar-refractivity contribution in [1.82, 2.24) is 15.2 Å². The molecule has 5 nitrogen and oxygen atoms in total. The van der Waals surface area contributed by atoms with Gasteiger partial charge in [0.2, 0.25) is 11.8 Å². The molecule has 1 saturated heterocycles. The van der Waals surface area contributed by atoms with E-state index >= 15 is 0 Å². The Hall–Kier alpha value is -1.91. The molecule has 0 spiro atoms. The van der Waals surface area contributed by atoms with Gasteiger partial charge < -0.3 is 10.2 Å². The van der Waals surface area contributed by atoms with Crippen molar-refractivity contribution in [1.29, 1.82) is 0 Å². The molecule has 1 aliphatic carbocycles. The number of amides is 2. The molecule has 2 amide bonds. The van der Waals surface area contributed by atoms with Crippen LogP contribution in [0.4, 0.5) is 0 Å². The van der Waals surface area contributed by atoms with Gasteiger partial charge in [0.15, 0.2) is 0 Å². The third-order valence-electron chi connectivity index (χ3n) is 5.24. The summed E-state index contributed by atoms with van der Waals surface area (Å²) in [4.78, 5) is 30.9. The van der Waals surface area contributed by atoms with Gasteiger partial charge in [-0.25, -0.2) is 0 Å². The normalized spacial score (nSPS) is 25.6. The summed E-state index contributed by atoms with van der Waals surface area (Å²) in [6.45, 7) is 2.37. The van der Waals surface area contributed by atoms with Gasteiger partial charge in [-0.1, -0.05) is 19.3 Å². The summed E-state index contributed by atoms with van der Waals surface area (Å²) >= 11 is 0. The number of carbonyl (C=O) groups excluding carboxylic acids is 2. The Morgan fingerprint density at radius 1 is 1.30 bits per heavy atom. The molecule has 1 atom stereocenters. The summed E-state index contributed by atoms with van der Waals surface area (Å²) in [6.07, 6.45) is 10.2. The zero-order valence-electron chi connectivity index (χ0n) is 13.8. The van der Waals surface area contributed by atoms with Gasteiger partial charge in [-0.2, -0.15) is 0 Å². The Labute approximate surface area is 137 Å². The monoisotopic (exact) mass is 315 g/mol. The lowest BCUT2D eigenvalue weighted by molar-refractivity contribution is -0.141. The van der Waals surface area contributed by atoms with E-state index in [4.69, 9.17) is 0 Å². The third kappa shape index (κ3) is 3.38. The lowest BCUT2D eigenvalue weighted by atomic mass is 9.92. The second kappa shape index (κ2) is 6.69. The van der Waals surface area contributed by atoms with E-state index in [1.54, 1.807) is 17.3 Å². The van der Waals surface area contributed by atoms with Crippen molar-refractivity contribution in [2.45, 2.75) is 70.0 Å². The van der Waals surface area contributed by atoms with Gasteiger partial charge in [-0.05, 0) is 43.9 Å². The predicted octanol–water partition coefficient (Wildman–Crippen LogP) is 2.41. The molecule has 23 heavy (non-hydrogen) atoms. The highest BCUT2D eigenvalue weighted by atomic mass is 16.2. The number of nitrogens with one attached hydrogen (secondary N) is 1. The molecule has 1 aromatic heterocycles. The lowest BCUT2D eigenvalue weighted by Crippen LogP contribution is -2.56. The summed E-state index contributed by atoms with van der Waals surface area (Å²) in [7, 11) is 0. The molecule has 3 rings (SSSR count). The van der Waals surface area contributed by atoms with Gasteiger partial charge in [0.25, 0.3) is 0 Å². The number of likely N-dealkylation sites (tertiary alicyclic amines) is 1. The van der Waals surface area contributed by atoms with Crippen molar-refractivity contribution < 1.29 is 9.59 Å². The highest BCUT2D eigenvalue weighted by Crippen LogP contribution is 2.32. The summed E-state index contributed by atoms with van der Waals surface area (Å²) in [5.74, 6) is 0.0624.